The van der Waals surface area contributed by atoms with Gasteiger partial charge in [-0.05, 0) is 91.1 Å². The molecule has 0 fully saturated rings. The van der Waals surface area contributed by atoms with E-state index in [1.54, 1.807) is 0 Å². The van der Waals surface area contributed by atoms with Crippen LogP contribution in [0.15, 0.2) is 160 Å². The van der Waals surface area contributed by atoms with Crippen molar-refractivity contribution in [2.45, 2.75) is 26.2 Å². The van der Waals surface area contributed by atoms with Crippen LogP contribution in [0.1, 0.15) is 31.9 Å². The quantitative estimate of drug-likeness (QED) is 0.242. The first-order chi connectivity index (χ1) is 19.5. The zero-order valence-corrected chi connectivity index (χ0v) is 24.0. The molecule has 4 aromatic rings. The Morgan fingerprint density at radius 3 is 1.75 bits per heavy atom. The molecule has 0 radical (unpaired) electrons. The van der Waals surface area contributed by atoms with E-state index in [9.17, 15) is 0 Å². The molecule has 0 aromatic heterocycles. The summed E-state index contributed by atoms with van der Waals surface area (Å²) in [7, 11) is 0. The molecule has 0 amide bonds. The van der Waals surface area contributed by atoms with Gasteiger partial charge < -0.3 is 0 Å². The van der Waals surface area contributed by atoms with Crippen LogP contribution >= 0.6 is 11.9 Å². The van der Waals surface area contributed by atoms with Crippen molar-refractivity contribution < 1.29 is 0 Å². The Morgan fingerprint density at radius 2 is 1.23 bits per heavy atom. The maximum absolute atomic E-state index is 5.21. The average molecular weight is 537 g/mol. The van der Waals surface area contributed by atoms with Crippen molar-refractivity contribution in [3.63, 3.8) is 0 Å². The lowest BCUT2D eigenvalue weighted by atomic mass is 9.67. The molecule has 4 aromatic carbocycles. The Bertz CT molecular complexity index is 1620. The number of nitrogens with zero attached hydrogens (tertiary/aromatic N) is 2. The van der Waals surface area contributed by atoms with Gasteiger partial charge in [0.25, 0.3) is 0 Å². The number of fused-ring (bicyclic) bond motifs is 5. The van der Waals surface area contributed by atoms with Gasteiger partial charge in [-0.3, -0.25) is 4.90 Å². The van der Waals surface area contributed by atoms with Crippen LogP contribution in [-0.2, 0) is 5.41 Å². The summed E-state index contributed by atoms with van der Waals surface area (Å²) in [6.45, 7) is 11.2. The van der Waals surface area contributed by atoms with Gasteiger partial charge in [-0.1, -0.05) is 103 Å². The molecule has 1 aliphatic heterocycles. The first-order valence-corrected chi connectivity index (χ1v) is 14.4. The summed E-state index contributed by atoms with van der Waals surface area (Å²) >= 11 is 1.50. The molecule has 40 heavy (non-hydrogen) atoms. The fourth-order valence-electron chi connectivity index (χ4n) is 6.02. The van der Waals surface area contributed by atoms with Crippen molar-refractivity contribution in [3.8, 4) is 11.1 Å². The number of rotatable bonds is 3. The molecule has 0 bridgehead atoms. The molecule has 0 saturated heterocycles. The SMILES string of the molecule is C=C1/C=C(/C=C(C)C)S/N=C(N(c2ccccc2)c2ccccc2)\C=C(/C)C12c1ccccc1-c1ccccc12. The largest absolute Gasteiger partial charge is 0.295 e. The number of anilines is 2. The van der Waals surface area contributed by atoms with Crippen LogP contribution in [0, 0.1) is 0 Å². The molecule has 1 aliphatic carbocycles. The van der Waals surface area contributed by atoms with Crippen LogP contribution in [0.2, 0.25) is 0 Å². The first kappa shape index (κ1) is 25.9. The lowest BCUT2D eigenvalue weighted by Gasteiger charge is -2.35. The molecular weight excluding hydrogens is 504 g/mol. The topological polar surface area (TPSA) is 15.6 Å². The molecule has 196 valence electrons. The van der Waals surface area contributed by atoms with E-state index in [-0.39, 0.29) is 0 Å². The van der Waals surface area contributed by atoms with E-state index in [4.69, 9.17) is 11.0 Å². The van der Waals surface area contributed by atoms with Crippen molar-refractivity contribution in [2.24, 2.45) is 4.40 Å². The van der Waals surface area contributed by atoms with Crippen LogP contribution in [-0.4, -0.2) is 5.84 Å². The van der Waals surface area contributed by atoms with E-state index in [0.717, 1.165) is 27.7 Å². The average Bonchev–Trinajstić information content (AvgIpc) is 3.29. The summed E-state index contributed by atoms with van der Waals surface area (Å²) in [5, 5.41) is 0. The molecule has 1 spiro atoms. The Hall–Kier alpha value is -4.34. The minimum Gasteiger partial charge on any atom is -0.295 e. The Kier molecular flexibility index (Phi) is 6.91. The van der Waals surface area contributed by atoms with Gasteiger partial charge in [-0.2, -0.15) is 4.40 Å². The number of benzene rings is 4. The number of allylic oxidation sites excluding steroid dienone is 5. The summed E-state index contributed by atoms with van der Waals surface area (Å²) in [5.41, 5.74) is 10.1. The van der Waals surface area contributed by atoms with E-state index >= 15 is 0 Å². The van der Waals surface area contributed by atoms with Crippen LogP contribution < -0.4 is 4.90 Å². The predicted octanol–water partition coefficient (Wildman–Crippen LogP) is 10.2. The third-order valence-electron chi connectivity index (χ3n) is 7.62. The molecule has 1 heterocycles. The summed E-state index contributed by atoms with van der Waals surface area (Å²) in [5.74, 6) is 0.865. The minimum atomic E-state index is -0.515. The minimum absolute atomic E-state index is 0.515. The molecule has 0 unspecified atom stereocenters. The Labute approximate surface area is 241 Å². The summed E-state index contributed by atoms with van der Waals surface area (Å²) in [6.07, 6.45) is 6.69. The van der Waals surface area contributed by atoms with Crippen molar-refractivity contribution in [2.75, 3.05) is 4.90 Å². The predicted molar refractivity (Wildman–Crippen MR) is 173 cm³/mol. The van der Waals surface area contributed by atoms with Gasteiger partial charge in [0.05, 0.1) is 5.41 Å². The van der Waals surface area contributed by atoms with Gasteiger partial charge in [0, 0.05) is 28.2 Å². The van der Waals surface area contributed by atoms with Crippen LogP contribution in [0.3, 0.4) is 0 Å². The smallest absolute Gasteiger partial charge is 0.146 e. The molecular formula is C37H32N2S. The van der Waals surface area contributed by atoms with Crippen LogP contribution in [0.5, 0.6) is 0 Å². The van der Waals surface area contributed by atoms with Gasteiger partial charge in [0.2, 0.25) is 0 Å². The van der Waals surface area contributed by atoms with Gasteiger partial charge in [0.15, 0.2) is 0 Å². The number of para-hydroxylation sites is 2. The van der Waals surface area contributed by atoms with E-state index in [1.807, 2.05) is 0 Å². The third-order valence-corrected chi connectivity index (χ3v) is 8.35. The second kappa shape index (κ2) is 10.7. The summed E-state index contributed by atoms with van der Waals surface area (Å²) in [6, 6.07) is 38.5. The maximum Gasteiger partial charge on any atom is 0.146 e. The zero-order chi connectivity index (χ0) is 27.7. The maximum atomic E-state index is 5.21. The third kappa shape index (κ3) is 4.37. The van der Waals surface area contributed by atoms with Crippen molar-refractivity contribution in [3.05, 3.63) is 167 Å². The van der Waals surface area contributed by atoms with Gasteiger partial charge >= 0.3 is 0 Å². The molecule has 2 aliphatic rings. The molecule has 0 saturated carbocycles. The molecule has 0 atom stereocenters. The summed E-state index contributed by atoms with van der Waals surface area (Å²) < 4.78 is 5.21. The Balaban J connectivity index is 1.66. The standard InChI is InChI=1S/C37H32N2S/c1-26(2)23-31-24-27(3)37(34-21-13-11-19-32(34)33-20-12-14-22-35(33)37)28(4)25-36(38-40-31)39(29-15-7-5-8-16-29)30-17-9-6-10-18-30/h5-25H,3H2,1-2,4H3/b28-25+,31-24-,38-36+. The Morgan fingerprint density at radius 1 is 0.725 bits per heavy atom. The highest BCUT2D eigenvalue weighted by Gasteiger charge is 2.46. The van der Waals surface area contributed by atoms with E-state index < -0.39 is 5.41 Å². The normalized spacial score (nSPS) is 19.4. The van der Waals surface area contributed by atoms with E-state index in [0.29, 0.717) is 0 Å². The zero-order valence-electron chi connectivity index (χ0n) is 23.1. The van der Waals surface area contributed by atoms with Gasteiger partial charge in [-0.25, -0.2) is 0 Å². The molecule has 6 rings (SSSR count). The van der Waals surface area contributed by atoms with E-state index in [1.165, 1.54) is 45.3 Å². The second-order valence-electron chi connectivity index (χ2n) is 10.5. The highest BCUT2D eigenvalue weighted by atomic mass is 32.2. The fraction of sp³-hybridized carbons (Fsp3) is 0.108. The van der Waals surface area contributed by atoms with Crippen molar-refractivity contribution in [1.82, 2.24) is 0 Å². The first-order valence-electron chi connectivity index (χ1n) is 13.6. The van der Waals surface area contributed by atoms with Crippen LogP contribution in [0.4, 0.5) is 11.4 Å². The number of hydrogen-bond donors (Lipinski definition) is 0. The fourth-order valence-corrected chi connectivity index (χ4v) is 6.84. The van der Waals surface area contributed by atoms with Crippen molar-refractivity contribution >= 4 is 29.2 Å². The van der Waals surface area contributed by atoms with Crippen LogP contribution in [0.25, 0.3) is 11.1 Å². The number of hydrogen-bond acceptors (Lipinski definition) is 3. The monoisotopic (exact) mass is 536 g/mol. The molecule has 2 nitrogen and oxygen atoms in total. The van der Waals surface area contributed by atoms with Crippen molar-refractivity contribution in [1.29, 1.82) is 0 Å². The molecule has 0 N–H and O–H groups in total. The highest BCUT2D eigenvalue weighted by Crippen LogP contribution is 2.57. The number of amidine groups is 1. The van der Waals surface area contributed by atoms with Gasteiger partial charge in [-0.15, -0.1) is 0 Å². The lowest BCUT2D eigenvalue weighted by molar-refractivity contribution is 0.749. The lowest BCUT2D eigenvalue weighted by Crippen LogP contribution is -2.31. The highest BCUT2D eigenvalue weighted by molar-refractivity contribution is 8.02. The second-order valence-corrected chi connectivity index (χ2v) is 11.3. The summed E-state index contributed by atoms with van der Waals surface area (Å²) in [4.78, 5) is 3.30. The van der Waals surface area contributed by atoms with Gasteiger partial charge in [0.1, 0.15) is 5.84 Å². The van der Waals surface area contributed by atoms with E-state index in [2.05, 4.69) is 153 Å². The molecule has 3 heteroatoms.